The van der Waals surface area contributed by atoms with Crippen molar-refractivity contribution < 1.29 is 18.9 Å². The van der Waals surface area contributed by atoms with Gasteiger partial charge in [-0.3, -0.25) is 18.7 Å². The predicted octanol–water partition coefficient (Wildman–Crippen LogP) is 2.70. The highest BCUT2D eigenvalue weighted by Gasteiger charge is 2.21. The second-order valence-corrected chi connectivity index (χ2v) is 7.82. The van der Waals surface area contributed by atoms with Gasteiger partial charge in [-0.2, -0.15) is 15.0 Å². The summed E-state index contributed by atoms with van der Waals surface area (Å²) in [5, 5.41) is 1.72. The van der Waals surface area contributed by atoms with Gasteiger partial charge in [-0.1, -0.05) is 0 Å². The number of nitrogens with zero attached hydrogens (tertiary/aromatic N) is 9. The fourth-order valence-electron chi connectivity index (χ4n) is 4.02. The number of hydrogen-bond acceptors (Lipinski definition) is 10. The van der Waals surface area contributed by atoms with E-state index in [2.05, 4.69) is 19.9 Å². The average Bonchev–Trinajstić information content (AvgIpc) is 3.71. The van der Waals surface area contributed by atoms with E-state index in [0.717, 1.165) is 21.8 Å². The van der Waals surface area contributed by atoms with Gasteiger partial charge in [-0.05, 0) is 6.07 Å². The van der Waals surface area contributed by atoms with Gasteiger partial charge in [0.2, 0.25) is 17.8 Å². The fourth-order valence-corrected chi connectivity index (χ4v) is 4.02. The fraction of sp³-hybridized carbons (Fsp3) is 0.167. The highest BCUT2D eigenvalue weighted by molar-refractivity contribution is 6.12. The molecule has 0 saturated carbocycles. The summed E-state index contributed by atoms with van der Waals surface area (Å²) in [6.45, 7) is 0.125. The molecule has 0 unspecified atom stereocenters. The zero-order chi connectivity index (χ0) is 25.2. The normalized spacial score (nSPS) is 11.4. The third-order valence-corrected chi connectivity index (χ3v) is 5.55. The number of rotatable bonds is 9. The summed E-state index contributed by atoms with van der Waals surface area (Å²) in [6, 6.07) is 5.59. The molecule has 0 bridgehead atoms. The first-order valence-corrected chi connectivity index (χ1v) is 11.2. The van der Waals surface area contributed by atoms with Gasteiger partial charge in [0, 0.05) is 62.7 Å². The van der Waals surface area contributed by atoms with Crippen LogP contribution in [0.4, 0.5) is 0 Å². The molecule has 0 N–H and O–H groups in total. The molecule has 0 fully saturated rings. The van der Waals surface area contributed by atoms with Gasteiger partial charge in [0.1, 0.15) is 24.2 Å². The standard InChI is InChI=1S/C24H21N9O4/c1-34-14-36-16-9-18-21(20(10-16)37-15-35-2)17-3-4-25-11-19(17)33(18)24-29-22(31-7-5-26-12-31)28-23(30-24)32-8-6-27-13-32/h3-13H,14-15H2,1-2H3. The Morgan fingerprint density at radius 2 is 1.41 bits per heavy atom. The molecule has 0 aliphatic rings. The summed E-state index contributed by atoms with van der Waals surface area (Å²) < 4.78 is 27.3. The van der Waals surface area contributed by atoms with Crippen molar-refractivity contribution in [2.24, 2.45) is 0 Å². The van der Waals surface area contributed by atoms with Crippen molar-refractivity contribution in [1.82, 2.24) is 43.6 Å². The van der Waals surface area contributed by atoms with Crippen molar-refractivity contribution in [3.63, 3.8) is 0 Å². The van der Waals surface area contributed by atoms with Crippen molar-refractivity contribution in [2.75, 3.05) is 27.8 Å². The Balaban J connectivity index is 1.66. The third kappa shape index (κ3) is 4.11. The minimum absolute atomic E-state index is 0.0574. The van der Waals surface area contributed by atoms with E-state index < -0.39 is 0 Å². The van der Waals surface area contributed by atoms with E-state index in [1.54, 1.807) is 79.3 Å². The van der Waals surface area contributed by atoms with E-state index in [1.807, 2.05) is 16.7 Å². The molecule has 0 spiro atoms. The number of imidazole rings is 2. The van der Waals surface area contributed by atoms with Crippen LogP contribution in [0.2, 0.25) is 0 Å². The van der Waals surface area contributed by atoms with E-state index in [0.29, 0.717) is 29.3 Å². The first-order chi connectivity index (χ1) is 18.3. The van der Waals surface area contributed by atoms with Crippen molar-refractivity contribution >= 4 is 21.8 Å². The Hall–Kier alpha value is -4.88. The van der Waals surface area contributed by atoms with Gasteiger partial charge in [-0.15, -0.1) is 0 Å². The van der Waals surface area contributed by atoms with Crippen molar-refractivity contribution in [3.8, 4) is 29.3 Å². The molecular weight excluding hydrogens is 478 g/mol. The molecule has 13 nitrogen and oxygen atoms in total. The van der Waals surface area contributed by atoms with Gasteiger partial charge in [0.25, 0.3) is 0 Å². The molecule has 186 valence electrons. The lowest BCUT2D eigenvalue weighted by molar-refractivity contribution is 0.0468. The summed E-state index contributed by atoms with van der Waals surface area (Å²) in [4.78, 5) is 26.8. The number of pyridine rings is 1. The predicted molar refractivity (Wildman–Crippen MR) is 131 cm³/mol. The monoisotopic (exact) mass is 499 g/mol. The van der Waals surface area contributed by atoms with Gasteiger partial charge < -0.3 is 18.9 Å². The maximum absolute atomic E-state index is 5.96. The number of methoxy groups -OCH3 is 2. The Labute approximate surface area is 209 Å². The molecule has 0 aliphatic carbocycles. The van der Waals surface area contributed by atoms with E-state index in [9.17, 15) is 0 Å². The Morgan fingerprint density at radius 3 is 2.05 bits per heavy atom. The number of hydrogen-bond donors (Lipinski definition) is 0. The average molecular weight is 499 g/mol. The number of fused-ring (bicyclic) bond motifs is 3. The first kappa shape index (κ1) is 22.6. The lowest BCUT2D eigenvalue weighted by Crippen LogP contribution is -2.12. The molecule has 5 aromatic heterocycles. The van der Waals surface area contributed by atoms with Crippen molar-refractivity contribution in [2.45, 2.75) is 0 Å². The van der Waals surface area contributed by atoms with Crippen LogP contribution in [0.5, 0.6) is 11.5 Å². The number of ether oxygens (including phenoxy) is 4. The van der Waals surface area contributed by atoms with Gasteiger partial charge in [-0.25, -0.2) is 9.97 Å². The summed E-state index contributed by atoms with van der Waals surface area (Å²) in [7, 11) is 3.12. The Kier molecular flexibility index (Phi) is 5.88. The lowest BCUT2D eigenvalue weighted by Gasteiger charge is -2.13. The van der Waals surface area contributed by atoms with E-state index in [1.165, 1.54) is 0 Å². The molecule has 0 amide bonds. The summed E-state index contributed by atoms with van der Waals surface area (Å²) >= 11 is 0. The molecule has 37 heavy (non-hydrogen) atoms. The van der Waals surface area contributed by atoms with Crippen LogP contribution in [0, 0.1) is 0 Å². The Morgan fingerprint density at radius 1 is 0.730 bits per heavy atom. The van der Waals surface area contributed by atoms with Crippen molar-refractivity contribution in [3.05, 3.63) is 68.0 Å². The molecule has 5 heterocycles. The topological polar surface area (TPSA) is 129 Å². The van der Waals surface area contributed by atoms with Gasteiger partial charge >= 0.3 is 0 Å². The zero-order valence-corrected chi connectivity index (χ0v) is 19.9. The summed E-state index contributed by atoms with van der Waals surface area (Å²) in [5.41, 5.74) is 1.50. The van der Waals surface area contributed by atoms with Crippen LogP contribution in [0.3, 0.4) is 0 Å². The number of aromatic nitrogens is 9. The van der Waals surface area contributed by atoms with Crippen LogP contribution in [0.1, 0.15) is 0 Å². The van der Waals surface area contributed by atoms with Crippen LogP contribution >= 0.6 is 0 Å². The van der Waals surface area contributed by atoms with Crippen LogP contribution in [0.15, 0.2) is 68.0 Å². The van der Waals surface area contributed by atoms with Crippen LogP contribution in [-0.4, -0.2) is 71.4 Å². The summed E-state index contributed by atoms with van der Waals surface area (Å²) in [6.07, 6.45) is 13.6. The Bertz CT molecular complexity index is 1610. The van der Waals surface area contributed by atoms with Gasteiger partial charge in [0.05, 0.1) is 22.6 Å². The smallest absolute Gasteiger partial charge is 0.241 e. The van der Waals surface area contributed by atoms with E-state index in [-0.39, 0.29) is 13.6 Å². The van der Waals surface area contributed by atoms with Crippen LogP contribution in [0.25, 0.3) is 39.7 Å². The molecule has 0 aliphatic heterocycles. The van der Waals surface area contributed by atoms with Crippen molar-refractivity contribution in [1.29, 1.82) is 0 Å². The first-order valence-electron chi connectivity index (χ1n) is 11.2. The maximum Gasteiger partial charge on any atom is 0.241 e. The molecule has 0 radical (unpaired) electrons. The van der Waals surface area contributed by atoms with Crippen LogP contribution < -0.4 is 9.47 Å². The third-order valence-electron chi connectivity index (χ3n) is 5.55. The molecule has 0 saturated heterocycles. The van der Waals surface area contributed by atoms with Crippen LogP contribution in [-0.2, 0) is 9.47 Å². The highest BCUT2D eigenvalue weighted by Crippen LogP contribution is 2.40. The zero-order valence-electron chi connectivity index (χ0n) is 19.9. The molecule has 13 heteroatoms. The van der Waals surface area contributed by atoms with Gasteiger partial charge in [0.15, 0.2) is 13.6 Å². The minimum Gasteiger partial charge on any atom is -0.467 e. The quantitative estimate of drug-likeness (QED) is 0.274. The lowest BCUT2D eigenvalue weighted by atomic mass is 10.1. The molecular formula is C24H21N9O4. The molecule has 6 aromatic rings. The minimum atomic E-state index is 0.0574. The SMILES string of the molecule is COCOc1cc(OCOC)c2c3ccncc3n(-c3nc(-n4ccnc4)nc(-n4ccnc4)n3)c2c1. The summed E-state index contributed by atoms with van der Waals surface area (Å²) in [5.74, 6) is 2.23. The second kappa shape index (κ2) is 9.64. The molecule has 0 atom stereocenters. The van der Waals surface area contributed by atoms with E-state index in [4.69, 9.17) is 28.9 Å². The highest BCUT2D eigenvalue weighted by atomic mass is 16.7. The second-order valence-electron chi connectivity index (χ2n) is 7.82. The largest absolute Gasteiger partial charge is 0.467 e. The maximum atomic E-state index is 5.96. The molecule has 6 rings (SSSR count). The van der Waals surface area contributed by atoms with E-state index >= 15 is 0 Å². The molecule has 1 aromatic carbocycles. The number of benzene rings is 1.